The van der Waals surface area contributed by atoms with Gasteiger partial charge in [-0.25, -0.2) is 4.39 Å². The minimum atomic E-state index is -0.713. The number of carbonyl (C=O) groups excluding carboxylic acids is 1. The van der Waals surface area contributed by atoms with Crippen molar-refractivity contribution >= 4 is 17.5 Å². The lowest BCUT2D eigenvalue weighted by Gasteiger charge is -2.19. The molecule has 0 radical (unpaired) electrons. The van der Waals surface area contributed by atoms with Gasteiger partial charge in [0, 0.05) is 13.1 Å². The van der Waals surface area contributed by atoms with Crippen molar-refractivity contribution in [2.45, 2.75) is 13.3 Å². The maximum atomic E-state index is 13.6. The summed E-state index contributed by atoms with van der Waals surface area (Å²) in [6.07, 6.45) is 0.224. The number of benzene rings is 1. The fraction of sp³-hybridized carbons (Fsp3) is 0.333. The topological polar surface area (TPSA) is 44.1 Å². The molecule has 0 fully saturated rings. The number of hydrogen-bond acceptors (Lipinski definition) is 2. The number of hydrogen-bond donors (Lipinski definition) is 0. The third-order valence-corrected chi connectivity index (χ3v) is 2.64. The van der Waals surface area contributed by atoms with E-state index >= 15 is 0 Å². The molecule has 0 aliphatic rings. The van der Waals surface area contributed by atoms with Gasteiger partial charge in [-0.2, -0.15) is 5.26 Å². The maximum absolute atomic E-state index is 13.6. The first-order valence-electron chi connectivity index (χ1n) is 5.22. The Balaban J connectivity index is 2.94. The van der Waals surface area contributed by atoms with Crippen LogP contribution in [0, 0.1) is 17.1 Å². The van der Waals surface area contributed by atoms with Gasteiger partial charge in [0.1, 0.15) is 0 Å². The SMILES string of the molecule is CCN(CCC#N)C(=O)c1cccc(Cl)c1F. The van der Waals surface area contributed by atoms with Crippen LogP contribution in [0.4, 0.5) is 4.39 Å². The van der Waals surface area contributed by atoms with Crippen LogP contribution in [-0.2, 0) is 0 Å². The van der Waals surface area contributed by atoms with Crippen molar-refractivity contribution in [3.05, 3.63) is 34.6 Å². The Bertz CT molecular complexity index is 456. The maximum Gasteiger partial charge on any atom is 0.256 e. The number of carbonyl (C=O) groups is 1. The fourth-order valence-electron chi connectivity index (χ4n) is 1.43. The lowest BCUT2D eigenvalue weighted by molar-refractivity contribution is 0.0763. The molecule has 0 atom stereocenters. The van der Waals surface area contributed by atoms with E-state index in [0.29, 0.717) is 6.54 Å². The number of nitrogens with zero attached hydrogens (tertiary/aromatic N) is 2. The van der Waals surface area contributed by atoms with Gasteiger partial charge in [-0.05, 0) is 19.1 Å². The van der Waals surface area contributed by atoms with Crippen LogP contribution in [0.3, 0.4) is 0 Å². The Kier molecular flexibility index (Phi) is 4.92. The van der Waals surface area contributed by atoms with Gasteiger partial charge >= 0.3 is 0 Å². The summed E-state index contributed by atoms with van der Waals surface area (Å²) in [5.41, 5.74) is -0.0581. The Morgan fingerprint density at radius 2 is 2.29 bits per heavy atom. The van der Waals surface area contributed by atoms with Crippen LogP contribution >= 0.6 is 11.6 Å². The van der Waals surface area contributed by atoms with Crippen molar-refractivity contribution in [3.8, 4) is 6.07 Å². The first kappa shape index (κ1) is 13.5. The highest BCUT2D eigenvalue weighted by atomic mass is 35.5. The Hall–Kier alpha value is -1.60. The van der Waals surface area contributed by atoms with E-state index in [-0.39, 0.29) is 23.6 Å². The molecule has 5 heteroatoms. The summed E-state index contributed by atoms with van der Waals surface area (Å²) in [5, 5.41) is 8.40. The zero-order valence-corrected chi connectivity index (χ0v) is 10.2. The van der Waals surface area contributed by atoms with Crippen LogP contribution < -0.4 is 0 Å². The molecule has 0 bridgehead atoms. The minimum absolute atomic E-state index is 0.0581. The summed E-state index contributed by atoms with van der Waals surface area (Å²) in [4.78, 5) is 13.4. The van der Waals surface area contributed by atoms with Crippen LogP contribution in [0.1, 0.15) is 23.7 Å². The average molecular weight is 255 g/mol. The zero-order chi connectivity index (χ0) is 12.8. The summed E-state index contributed by atoms with van der Waals surface area (Å²) in [6, 6.07) is 6.25. The van der Waals surface area contributed by atoms with E-state index < -0.39 is 11.7 Å². The number of halogens is 2. The van der Waals surface area contributed by atoms with Crippen LogP contribution in [0.25, 0.3) is 0 Å². The molecule has 1 rings (SSSR count). The fourth-order valence-corrected chi connectivity index (χ4v) is 1.60. The van der Waals surface area contributed by atoms with Crippen molar-refractivity contribution in [1.82, 2.24) is 4.90 Å². The summed E-state index contributed by atoms with van der Waals surface area (Å²) >= 11 is 5.61. The summed E-state index contributed by atoms with van der Waals surface area (Å²) in [5.74, 6) is -1.16. The molecular weight excluding hydrogens is 243 g/mol. The van der Waals surface area contributed by atoms with Gasteiger partial charge in [0.2, 0.25) is 0 Å². The third-order valence-electron chi connectivity index (χ3n) is 2.34. The molecule has 3 nitrogen and oxygen atoms in total. The number of rotatable bonds is 4. The van der Waals surface area contributed by atoms with E-state index in [2.05, 4.69) is 0 Å². The number of amides is 1. The van der Waals surface area contributed by atoms with Crippen molar-refractivity contribution in [1.29, 1.82) is 5.26 Å². The lowest BCUT2D eigenvalue weighted by Crippen LogP contribution is -2.32. The Morgan fingerprint density at radius 1 is 1.59 bits per heavy atom. The van der Waals surface area contributed by atoms with Crippen LogP contribution in [0.5, 0.6) is 0 Å². The summed E-state index contributed by atoms with van der Waals surface area (Å²) < 4.78 is 13.6. The van der Waals surface area contributed by atoms with Gasteiger partial charge in [0.05, 0.1) is 23.1 Å². The highest BCUT2D eigenvalue weighted by molar-refractivity contribution is 6.31. The molecule has 0 N–H and O–H groups in total. The molecule has 90 valence electrons. The van der Waals surface area contributed by atoms with Gasteiger partial charge in [-0.15, -0.1) is 0 Å². The van der Waals surface area contributed by atoms with Crippen LogP contribution in [0.2, 0.25) is 5.02 Å². The first-order chi connectivity index (χ1) is 8.11. The van der Waals surface area contributed by atoms with Gasteiger partial charge in [-0.1, -0.05) is 17.7 Å². The molecule has 1 aromatic carbocycles. The second-order valence-electron chi connectivity index (χ2n) is 3.39. The molecule has 0 heterocycles. The molecule has 0 unspecified atom stereocenters. The molecular formula is C12H12ClFN2O. The highest BCUT2D eigenvalue weighted by Crippen LogP contribution is 2.19. The smallest absolute Gasteiger partial charge is 0.256 e. The Labute approximate surface area is 104 Å². The van der Waals surface area contributed by atoms with Crippen molar-refractivity contribution in [2.24, 2.45) is 0 Å². The van der Waals surface area contributed by atoms with Gasteiger partial charge in [0.25, 0.3) is 5.91 Å². The number of nitriles is 1. The van der Waals surface area contributed by atoms with Crippen LogP contribution in [0.15, 0.2) is 18.2 Å². The summed E-state index contributed by atoms with van der Waals surface area (Å²) in [6.45, 7) is 2.49. The third kappa shape index (κ3) is 3.18. The molecule has 0 aliphatic heterocycles. The molecule has 0 spiro atoms. The van der Waals surface area contributed by atoms with E-state index in [4.69, 9.17) is 16.9 Å². The minimum Gasteiger partial charge on any atom is -0.338 e. The van der Waals surface area contributed by atoms with E-state index in [0.717, 1.165) is 0 Å². The van der Waals surface area contributed by atoms with E-state index in [1.165, 1.54) is 23.1 Å². The van der Waals surface area contributed by atoms with Gasteiger partial charge in [0.15, 0.2) is 5.82 Å². The van der Waals surface area contributed by atoms with E-state index in [1.807, 2.05) is 6.07 Å². The molecule has 17 heavy (non-hydrogen) atoms. The van der Waals surface area contributed by atoms with E-state index in [1.54, 1.807) is 6.92 Å². The molecule has 0 aliphatic carbocycles. The second kappa shape index (κ2) is 6.21. The van der Waals surface area contributed by atoms with Crippen LogP contribution in [-0.4, -0.2) is 23.9 Å². The van der Waals surface area contributed by atoms with Crippen molar-refractivity contribution < 1.29 is 9.18 Å². The lowest BCUT2D eigenvalue weighted by atomic mass is 10.2. The molecule has 0 aromatic heterocycles. The standard InChI is InChI=1S/C12H12ClFN2O/c1-2-16(8-4-7-15)12(17)9-5-3-6-10(13)11(9)14/h3,5-6H,2,4,8H2,1H3. The first-order valence-corrected chi connectivity index (χ1v) is 5.59. The summed E-state index contributed by atoms with van der Waals surface area (Å²) in [7, 11) is 0. The highest BCUT2D eigenvalue weighted by Gasteiger charge is 2.19. The predicted octanol–water partition coefficient (Wildman–Crippen LogP) is 2.85. The largest absolute Gasteiger partial charge is 0.338 e. The normalized spacial score (nSPS) is 9.76. The van der Waals surface area contributed by atoms with Gasteiger partial charge < -0.3 is 4.90 Å². The average Bonchev–Trinajstić information content (AvgIpc) is 2.33. The molecule has 1 amide bonds. The molecule has 0 saturated heterocycles. The second-order valence-corrected chi connectivity index (χ2v) is 3.80. The van der Waals surface area contributed by atoms with Crippen molar-refractivity contribution in [3.63, 3.8) is 0 Å². The Morgan fingerprint density at radius 3 is 2.88 bits per heavy atom. The quantitative estimate of drug-likeness (QED) is 0.829. The molecule has 1 aromatic rings. The van der Waals surface area contributed by atoms with E-state index in [9.17, 15) is 9.18 Å². The predicted molar refractivity (Wildman–Crippen MR) is 63.2 cm³/mol. The van der Waals surface area contributed by atoms with Crippen molar-refractivity contribution in [2.75, 3.05) is 13.1 Å². The zero-order valence-electron chi connectivity index (χ0n) is 9.41. The van der Waals surface area contributed by atoms with Gasteiger partial charge in [-0.3, -0.25) is 4.79 Å². The monoisotopic (exact) mass is 254 g/mol. The molecule has 0 saturated carbocycles.